The summed E-state index contributed by atoms with van der Waals surface area (Å²) in [4.78, 5) is 32.1. The van der Waals surface area contributed by atoms with Crippen molar-refractivity contribution in [3.63, 3.8) is 0 Å². The highest BCUT2D eigenvalue weighted by molar-refractivity contribution is 6.46. The average molecular weight is 463 g/mol. The summed E-state index contributed by atoms with van der Waals surface area (Å²) < 4.78 is 5.42. The molecular formula is C26H23ClN2O4. The Bertz CT molecular complexity index is 1270. The normalized spacial score (nSPS) is 17.5. The fraction of sp³-hybridized carbons (Fsp3) is 0.192. The highest BCUT2D eigenvalue weighted by Crippen LogP contribution is 2.43. The molecule has 4 rings (SSSR count). The molecule has 168 valence electrons. The van der Waals surface area contributed by atoms with Crippen molar-refractivity contribution in [2.24, 2.45) is 0 Å². The number of methoxy groups -OCH3 is 1. The molecule has 1 unspecified atom stereocenters. The highest BCUT2D eigenvalue weighted by atomic mass is 35.5. The van der Waals surface area contributed by atoms with Crippen LogP contribution in [-0.2, 0) is 16.1 Å². The molecule has 33 heavy (non-hydrogen) atoms. The average Bonchev–Trinajstić information content (AvgIpc) is 3.04. The predicted molar refractivity (Wildman–Crippen MR) is 126 cm³/mol. The third-order valence-corrected chi connectivity index (χ3v) is 6.03. The Labute approximate surface area is 197 Å². The maximum absolute atomic E-state index is 13.3. The Morgan fingerprint density at radius 1 is 1.15 bits per heavy atom. The van der Waals surface area contributed by atoms with E-state index >= 15 is 0 Å². The summed E-state index contributed by atoms with van der Waals surface area (Å²) in [6.45, 7) is 3.89. The number of ketones is 1. The number of benzene rings is 2. The first-order valence-corrected chi connectivity index (χ1v) is 10.8. The van der Waals surface area contributed by atoms with Crippen molar-refractivity contribution in [3.8, 4) is 5.75 Å². The maximum Gasteiger partial charge on any atom is 0.295 e. The lowest BCUT2D eigenvalue weighted by Gasteiger charge is -2.26. The van der Waals surface area contributed by atoms with Crippen LogP contribution in [0.4, 0.5) is 0 Å². The number of rotatable bonds is 5. The fourth-order valence-electron chi connectivity index (χ4n) is 4.21. The van der Waals surface area contributed by atoms with E-state index in [9.17, 15) is 14.7 Å². The number of aromatic nitrogens is 1. The second-order valence-electron chi connectivity index (χ2n) is 7.97. The number of hydrogen-bond donors (Lipinski definition) is 1. The minimum atomic E-state index is -0.782. The Morgan fingerprint density at radius 3 is 2.58 bits per heavy atom. The molecule has 0 bridgehead atoms. The van der Waals surface area contributed by atoms with Crippen LogP contribution in [0.3, 0.4) is 0 Å². The van der Waals surface area contributed by atoms with Crippen LogP contribution in [0.1, 0.15) is 33.9 Å². The lowest BCUT2D eigenvalue weighted by molar-refractivity contribution is -0.140. The number of likely N-dealkylation sites (tertiary alicyclic amines) is 1. The largest absolute Gasteiger partial charge is 0.507 e. The number of aliphatic hydroxyl groups is 1. The summed E-state index contributed by atoms with van der Waals surface area (Å²) in [5.41, 5.74) is 3.45. The van der Waals surface area contributed by atoms with Crippen LogP contribution in [0.15, 0.2) is 66.5 Å². The van der Waals surface area contributed by atoms with E-state index in [2.05, 4.69) is 4.98 Å². The zero-order chi connectivity index (χ0) is 23.7. The van der Waals surface area contributed by atoms with Crippen molar-refractivity contribution < 1.29 is 19.4 Å². The molecule has 1 aromatic heterocycles. The second kappa shape index (κ2) is 9.08. The van der Waals surface area contributed by atoms with Gasteiger partial charge in [0.1, 0.15) is 11.5 Å². The Balaban J connectivity index is 1.95. The van der Waals surface area contributed by atoms with Crippen molar-refractivity contribution >= 4 is 29.1 Å². The summed E-state index contributed by atoms with van der Waals surface area (Å²) in [6.07, 6.45) is 3.29. The number of nitrogens with zero attached hydrogens (tertiary/aromatic N) is 2. The number of Topliss-reactive ketones (excluding diaryl/α,β-unsaturated/α-hetero) is 1. The summed E-state index contributed by atoms with van der Waals surface area (Å²) in [7, 11) is 1.44. The second-order valence-corrected chi connectivity index (χ2v) is 8.38. The number of halogens is 1. The smallest absolute Gasteiger partial charge is 0.295 e. The molecule has 0 radical (unpaired) electrons. The van der Waals surface area contributed by atoms with Gasteiger partial charge in [-0.05, 0) is 54.3 Å². The Hall–Kier alpha value is -3.64. The molecule has 0 spiro atoms. The molecule has 3 aromatic rings. The van der Waals surface area contributed by atoms with Gasteiger partial charge in [0.25, 0.3) is 11.7 Å². The maximum atomic E-state index is 13.3. The van der Waals surface area contributed by atoms with Gasteiger partial charge in [-0.3, -0.25) is 14.6 Å². The van der Waals surface area contributed by atoms with E-state index < -0.39 is 17.7 Å². The topological polar surface area (TPSA) is 79.7 Å². The van der Waals surface area contributed by atoms with Crippen LogP contribution in [0.2, 0.25) is 5.02 Å². The van der Waals surface area contributed by atoms with Crippen molar-refractivity contribution in [2.45, 2.75) is 26.4 Å². The van der Waals surface area contributed by atoms with Gasteiger partial charge in [-0.2, -0.15) is 0 Å². The first-order valence-electron chi connectivity index (χ1n) is 10.4. The third-order valence-electron chi connectivity index (χ3n) is 5.75. The first-order chi connectivity index (χ1) is 15.8. The van der Waals surface area contributed by atoms with E-state index in [4.69, 9.17) is 16.3 Å². The number of hydrogen-bond acceptors (Lipinski definition) is 5. The van der Waals surface area contributed by atoms with Crippen LogP contribution in [0, 0.1) is 13.8 Å². The van der Waals surface area contributed by atoms with Gasteiger partial charge in [-0.15, -0.1) is 0 Å². The number of ether oxygens (including phenoxy) is 1. The molecule has 1 saturated heterocycles. The molecule has 7 heteroatoms. The van der Waals surface area contributed by atoms with Crippen LogP contribution in [0.25, 0.3) is 5.76 Å². The van der Waals surface area contributed by atoms with Crippen LogP contribution >= 0.6 is 11.6 Å². The first kappa shape index (κ1) is 22.6. The summed E-state index contributed by atoms with van der Waals surface area (Å²) >= 11 is 6.34. The van der Waals surface area contributed by atoms with Crippen molar-refractivity contribution in [1.82, 2.24) is 9.88 Å². The molecule has 1 atom stereocenters. The van der Waals surface area contributed by atoms with Gasteiger partial charge in [0, 0.05) is 18.9 Å². The fourth-order valence-corrected chi connectivity index (χ4v) is 4.56. The zero-order valence-corrected chi connectivity index (χ0v) is 19.3. The molecular weight excluding hydrogens is 440 g/mol. The van der Waals surface area contributed by atoms with E-state index in [-0.39, 0.29) is 29.2 Å². The number of aryl methyl sites for hydroxylation is 2. The molecule has 1 fully saturated rings. The van der Waals surface area contributed by atoms with Gasteiger partial charge < -0.3 is 14.7 Å². The van der Waals surface area contributed by atoms with E-state index in [1.54, 1.807) is 30.6 Å². The highest BCUT2D eigenvalue weighted by Gasteiger charge is 2.46. The molecule has 0 saturated carbocycles. The molecule has 2 heterocycles. The number of carbonyl (C=O) groups excluding carboxylic acids is 2. The standard InChI is InChI=1S/C26H23ClN2O4/c1-15-11-19(25(33-3)20(27)12-15)23(30)21-22(18-9-5-4-7-16(18)2)29(26(32)24(21)31)14-17-8-6-10-28-13-17/h4-13,22,30H,14H2,1-3H3/b23-21+. The van der Waals surface area contributed by atoms with Gasteiger partial charge in [0.05, 0.1) is 29.3 Å². The molecule has 1 aliphatic heterocycles. The third kappa shape index (κ3) is 4.10. The summed E-state index contributed by atoms with van der Waals surface area (Å²) in [5.74, 6) is -1.53. The van der Waals surface area contributed by atoms with E-state index in [1.807, 2.05) is 44.2 Å². The molecule has 1 aliphatic rings. The minimum Gasteiger partial charge on any atom is -0.507 e. The van der Waals surface area contributed by atoms with E-state index in [1.165, 1.54) is 12.0 Å². The lowest BCUT2D eigenvalue weighted by atomic mass is 9.92. The van der Waals surface area contributed by atoms with Gasteiger partial charge in [0.15, 0.2) is 0 Å². The number of amides is 1. The van der Waals surface area contributed by atoms with E-state index in [0.29, 0.717) is 5.02 Å². The van der Waals surface area contributed by atoms with Crippen LogP contribution < -0.4 is 4.74 Å². The molecule has 1 N–H and O–H groups in total. The summed E-state index contributed by atoms with van der Waals surface area (Å²) in [6, 6.07) is 13.7. The van der Waals surface area contributed by atoms with Gasteiger partial charge in [0.2, 0.25) is 0 Å². The molecule has 2 aromatic carbocycles. The van der Waals surface area contributed by atoms with Crippen molar-refractivity contribution in [2.75, 3.05) is 7.11 Å². The van der Waals surface area contributed by atoms with Gasteiger partial charge >= 0.3 is 0 Å². The molecule has 6 nitrogen and oxygen atoms in total. The number of aliphatic hydroxyl groups excluding tert-OH is 1. The lowest BCUT2D eigenvalue weighted by Crippen LogP contribution is -2.29. The van der Waals surface area contributed by atoms with Crippen LogP contribution in [0.5, 0.6) is 5.75 Å². The summed E-state index contributed by atoms with van der Waals surface area (Å²) in [5, 5.41) is 11.7. The Kier molecular flexibility index (Phi) is 6.20. The minimum absolute atomic E-state index is 0.00171. The van der Waals surface area contributed by atoms with Gasteiger partial charge in [-0.1, -0.05) is 41.9 Å². The number of carbonyl (C=O) groups is 2. The van der Waals surface area contributed by atoms with Crippen molar-refractivity contribution in [3.05, 3.63) is 99.3 Å². The molecule has 1 amide bonds. The van der Waals surface area contributed by atoms with Crippen LogP contribution in [-0.4, -0.2) is 33.8 Å². The monoisotopic (exact) mass is 462 g/mol. The SMILES string of the molecule is COc1c(Cl)cc(C)cc1/C(O)=C1\C(=O)C(=O)N(Cc2cccnc2)C1c1ccccc1C. The zero-order valence-electron chi connectivity index (χ0n) is 18.5. The van der Waals surface area contributed by atoms with E-state index in [0.717, 1.165) is 22.3 Å². The quantitative estimate of drug-likeness (QED) is 0.328. The Morgan fingerprint density at radius 2 is 1.91 bits per heavy atom. The molecule has 0 aliphatic carbocycles. The predicted octanol–water partition coefficient (Wildman–Crippen LogP) is 4.98. The number of pyridine rings is 1. The van der Waals surface area contributed by atoms with Gasteiger partial charge in [-0.25, -0.2) is 0 Å². The van der Waals surface area contributed by atoms with Crippen molar-refractivity contribution in [1.29, 1.82) is 0 Å².